The van der Waals surface area contributed by atoms with Crippen molar-refractivity contribution < 1.29 is 18.8 Å². The Bertz CT molecular complexity index is 541. The van der Waals surface area contributed by atoms with E-state index < -0.39 is 24.3 Å². The second-order valence-corrected chi connectivity index (χ2v) is 6.46. The van der Waals surface area contributed by atoms with Crippen LogP contribution in [0, 0.1) is 0 Å². The molecule has 21 heavy (non-hydrogen) atoms. The highest BCUT2D eigenvalue weighted by atomic mass is 35.5. The summed E-state index contributed by atoms with van der Waals surface area (Å²) >= 11 is 6.06. The van der Waals surface area contributed by atoms with Gasteiger partial charge in [-0.15, -0.1) is 0 Å². The van der Waals surface area contributed by atoms with Gasteiger partial charge in [0, 0.05) is 0 Å². The minimum atomic E-state index is -0.527. The molecule has 0 saturated carbocycles. The molecular formula is C15H20BClO4. The van der Waals surface area contributed by atoms with Crippen molar-refractivity contribution in [2.45, 2.75) is 45.8 Å². The number of hydrogen-bond donors (Lipinski definition) is 0. The molecule has 2 rings (SSSR count). The molecule has 0 bridgehead atoms. The van der Waals surface area contributed by atoms with Crippen LogP contribution >= 0.6 is 11.6 Å². The molecule has 0 atom stereocenters. The van der Waals surface area contributed by atoms with E-state index in [9.17, 15) is 4.79 Å². The Kier molecular flexibility index (Phi) is 4.38. The zero-order valence-corrected chi connectivity index (χ0v) is 13.8. The van der Waals surface area contributed by atoms with Crippen LogP contribution in [-0.4, -0.2) is 30.9 Å². The molecule has 0 amide bonds. The number of carbonyl (C=O) groups excluding carboxylic acids is 1. The average molecular weight is 311 g/mol. The van der Waals surface area contributed by atoms with E-state index in [1.165, 1.54) is 0 Å². The van der Waals surface area contributed by atoms with Gasteiger partial charge in [0.25, 0.3) is 0 Å². The van der Waals surface area contributed by atoms with Gasteiger partial charge in [-0.3, -0.25) is 0 Å². The Morgan fingerprint density at radius 2 is 1.81 bits per heavy atom. The largest absolute Gasteiger partial charge is 0.494 e. The molecule has 0 N–H and O–H groups in total. The van der Waals surface area contributed by atoms with Crippen molar-refractivity contribution in [3.8, 4) is 0 Å². The van der Waals surface area contributed by atoms with E-state index in [2.05, 4.69) is 0 Å². The molecule has 6 heteroatoms. The average Bonchev–Trinajstić information content (AvgIpc) is 2.59. The number of rotatable bonds is 3. The molecule has 1 aromatic carbocycles. The highest BCUT2D eigenvalue weighted by molar-refractivity contribution is 6.62. The van der Waals surface area contributed by atoms with Crippen molar-refractivity contribution in [2.24, 2.45) is 0 Å². The van der Waals surface area contributed by atoms with E-state index in [1.54, 1.807) is 25.1 Å². The molecule has 1 heterocycles. The van der Waals surface area contributed by atoms with Gasteiger partial charge < -0.3 is 14.0 Å². The van der Waals surface area contributed by atoms with Gasteiger partial charge in [0.05, 0.1) is 28.4 Å². The number of hydrogen-bond acceptors (Lipinski definition) is 4. The fourth-order valence-corrected chi connectivity index (χ4v) is 2.23. The maximum Gasteiger partial charge on any atom is 0.494 e. The fourth-order valence-electron chi connectivity index (χ4n) is 2.03. The minimum Gasteiger partial charge on any atom is -0.462 e. The first-order chi connectivity index (χ1) is 9.68. The molecule has 0 radical (unpaired) electrons. The SMILES string of the molecule is CCOC(=O)c1cc(B2OC(C)(C)C(C)(C)O2)ccc1Cl. The van der Waals surface area contributed by atoms with Gasteiger partial charge in [-0.25, -0.2) is 4.79 Å². The first kappa shape index (κ1) is 16.3. The summed E-state index contributed by atoms with van der Waals surface area (Å²) in [6, 6.07) is 5.13. The lowest BCUT2D eigenvalue weighted by molar-refractivity contribution is 0.00578. The lowest BCUT2D eigenvalue weighted by atomic mass is 9.78. The van der Waals surface area contributed by atoms with Crippen LogP contribution < -0.4 is 5.46 Å². The van der Waals surface area contributed by atoms with Gasteiger partial charge >= 0.3 is 13.1 Å². The standard InChI is InChI=1S/C15H20BClO4/c1-6-19-13(18)11-9-10(7-8-12(11)17)16-20-14(2,3)15(4,5)21-16/h7-9H,6H2,1-5H3. The molecule has 0 aliphatic carbocycles. The Balaban J connectivity index is 2.31. The van der Waals surface area contributed by atoms with Crippen LogP contribution in [0.2, 0.25) is 5.02 Å². The van der Waals surface area contributed by atoms with Crippen molar-refractivity contribution >= 4 is 30.2 Å². The Morgan fingerprint density at radius 1 is 1.24 bits per heavy atom. The molecule has 1 aromatic rings. The maximum atomic E-state index is 11.9. The van der Waals surface area contributed by atoms with E-state index >= 15 is 0 Å². The maximum absolute atomic E-state index is 11.9. The highest BCUT2D eigenvalue weighted by Crippen LogP contribution is 2.36. The monoisotopic (exact) mass is 310 g/mol. The van der Waals surface area contributed by atoms with Crippen LogP contribution in [0.5, 0.6) is 0 Å². The molecule has 114 valence electrons. The summed E-state index contributed by atoms with van der Waals surface area (Å²) in [6.07, 6.45) is 0. The van der Waals surface area contributed by atoms with Crippen molar-refractivity contribution in [3.05, 3.63) is 28.8 Å². The number of esters is 1. The fraction of sp³-hybridized carbons (Fsp3) is 0.533. The lowest BCUT2D eigenvalue weighted by Crippen LogP contribution is -2.41. The normalized spacial score (nSPS) is 19.6. The predicted molar refractivity (Wildman–Crippen MR) is 83.1 cm³/mol. The zero-order chi connectivity index (χ0) is 15.8. The summed E-state index contributed by atoms with van der Waals surface area (Å²) in [5, 5.41) is 0.355. The molecule has 1 fully saturated rings. The van der Waals surface area contributed by atoms with E-state index in [-0.39, 0.29) is 0 Å². The lowest BCUT2D eigenvalue weighted by Gasteiger charge is -2.32. The summed E-state index contributed by atoms with van der Waals surface area (Å²) in [6.45, 7) is 9.98. The van der Waals surface area contributed by atoms with Crippen LogP contribution in [-0.2, 0) is 14.0 Å². The van der Waals surface area contributed by atoms with E-state index in [1.807, 2.05) is 27.7 Å². The summed E-state index contributed by atoms with van der Waals surface area (Å²) in [7, 11) is -0.527. The molecule has 1 aliphatic heterocycles. The molecule has 1 aliphatic rings. The van der Waals surface area contributed by atoms with Gasteiger partial charge in [0.15, 0.2) is 0 Å². The van der Waals surface area contributed by atoms with Gasteiger partial charge in [0.1, 0.15) is 0 Å². The van der Waals surface area contributed by atoms with Gasteiger partial charge in [-0.2, -0.15) is 0 Å². The minimum absolute atomic E-state index is 0.301. The number of halogens is 1. The predicted octanol–water partition coefficient (Wildman–Crippen LogP) is 2.82. The quantitative estimate of drug-likeness (QED) is 0.636. The van der Waals surface area contributed by atoms with Crippen molar-refractivity contribution in [1.29, 1.82) is 0 Å². The van der Waals surface area contributed by atoms with E-state index in [4.69, 9.17) is 25.6 Å². The topological polar surface area (TPSA) is 44.8 Å². The van der Waals surface area contributed by atoms with Crippen LogP contribution in [0.15, 0.2) is 18.2 Å². The van der Waals surface area contributed by atoms with E-state index in [0.29, 0.717) is 17.2 Å². The number of carbonyl (C=O) groups is 1. The molecule has 0 unspecified atom stereocenters. The van der Waals surface area contributed by atoms with Crippen molar-refractivity contribution in [2.75, 3.05) is 6.61 Å². The second kappa shape index (κ2) is 5.63. The molecule has 0 spiro atoms. The van der Waals surface area contributed by atoms with Crippen molar-refractivity contribution in [1.82, 2.24) is 0 Å². The zero-order valence-electron chi connectivity index (χ0n) is 13.0. The summed E-state index contributed by atoms with van der Waals surface area (Å²) in [4.78, 5) is 11.9. The van der Waals surface area contributed by atoms with Gasteiger partial charge in [-0.05, 0) is 52.2 Å². The molecular weight excluding hydrogens is 290 g/mol. The summed E-state index contributed by atoms with van der Waals surface area (Å²) in [5.74, 6) is -0.444. The van der Waals surface area contributed by atoms with Gasteiger partial charge in [0.2, 0.25) is 0 Å². The highest BCUT2D eigenvalue weighted by Gasteiger charge is 2.51. The Hall–Kier alpha value is -1.04. The Morgan fingerprint density at radius 3 is 2.33 bits per heavy atom. The van der Waals surface area contributed by atoms with Gasteiger partial charge in [-0.1, -0.05) is 17.7 Å². The second-order valence-electron chi connectivity index (χ2n) is 6.05. The third kappa shape index (κ3) is 3.10. The first-order valence-electron chi connectivity index (χ1n) is 7.00. The van der Waals surface area contributed by atoms with Crippen LogP contribution in [0.25, 0.3) is 0 Å². The summed E-state index contributed by atoms with van der Waals surface area (Å²) < 4.78 is 16.9. The van der Waals surface area contributed by atoms with Crippen LogP contribution in [0.1, 0.15) is 45.0 Å². The first-order valence-corrected chi connectivity index (χ1v) is 7.38. The number of benzene rings is 1. The van der Waals surface area contributed by atoms with Crippen LogP contribution in [0.4, 0.5) is 0 Å². The smallest absolute Gasteiger partial charge is 0.462 e. The molecule has 0 aromatic heterocycles. The number of ether oxygens (including phenoxy) is 1. The molecule has 4 nitrogen and oxygen atoms in total. The molecule has 1 saturated heterocycles. The van der Waals surface area contributed by atoms with Crippen molar-refractivity contribution in [3.63, 3.8) is 0 Å². The Labute approximate surface area is 130 Å². The van der Waals surface area contributed by atoms with E-state index in [0.717, 1.165) is 5.46 Å². The summed E-state index contributed by atoms with van der Waals surface area (Å²) in [5.41, 5.74) is 0.217. The third-order valence-corrected chi connectivity index (χ3v) is 4.34. The third-order valence-electron chi connectivity index (χ3n) is 4.01. The van der Waals surface area contributed by atoms with Crippen LogP contribution in [0.3, 0.4) is 0 Å².